The predicted molar refractivity (Wildman–Crippen MR) is 57.5 cm³/mol. The van der Waals surface area contributed by atoms with E-state index in [2.05, 4.69) is 5.16 Å². The van der Waals surface area contributed by atoms with Gasteiger partial charge in [-0.1, -0.05) is 19.0 Å². The SMILES string of the molecule is CC(C)(C)OCCC(C)(C)C(N)=NO. The van der Waals surface area contributed by atoms with E-state index in [1.165, 1.54) is 0 Å². The third-order valence-corrected chi connectivity index (χ3v) is 2.06. The molecule has 0 saturated heterocycles. The molecule has 0 aromatic rings. The highest BCUT2D eigenvalue weighted by Gasteiger charge is 2.24. The van der Waals surface area contributed by atoms with Crippen LogP contribution in [0.1, 0.15) is 41.0 Å². The summed E-state index contributed by atoms with van der Waals surface area (Å²) in [5, 5.41) is 11.6. The van der Waals surface area contributed by atoms with E-state index in [0.717, 1.165) is 6.42 Å². The summed E-state index contributed by atoms with van der Waals surface area (Å²) in [6.45, 7) is 10.5. The van der Waals surface area contributed by atoms with Crippen molar-refractivity contribution in [1.82, 2.24) is 0 Å². The zero-order valence-electron chi connectivity index (χ0n) is 9.79. The summed E-state index contributed by atoms with van der Waals surface area (Å²) < 4.78 is 5.57. The van der Waals surface area contributed by atoms with Gasteiger partial charge in [0.15, 0.2) is 0 Å². The van der Waals surface area contributed by atoms with Gasteiger partial charge in [0.2, 0.25) is 0 Å². The maximum Gasteiger partial charge on any atom is 0.144 e. The summed E-state index contributed by atoms with van der Waals surface area (Å²) in [6.07, 6.45) is 0.736. The zero-order valence-corrected chi connectivity index (χ0v) is 9.79. The molecule has 3 N–H and O–H groups in total. The van der Waals surface area contributed by atoms with Gasteiger partial charge in [-0.25, -0.2) is 0 Å². The Balaban J connectivity index is 4.01. The van der Waals surface area contributed by atoms with Crippen molar-refractivity contribution in [1.29, 1.82) is 0 Å². The molecule has 0 radical (unpaired) electrons. The molecule has 84 valence electrons. The molecule has 0 amide bonds. The number of nitrogens with zero attached hydrogens (tertiary/aromatic N) is 1. The molecule has 0 aromatic carbocycles. The van der Waals surface area contributed by atoms with Gasteiger partial charge < -0.3 is 15.7 Å². The molecule has 0 fully saturated rings. The Morgan fingerprint density at radius 2 is 1.79 bits per heavy atom. The highest BCUT2D eigenvalue weighted by molar-refractivity contribution is 5.85. The molecule has 0 aliphatic heterocycles. The van der Waals surface area contributed by atoms with Crippen molar-refractivity contribution < 1.29 is 9.94 Å². The number of oxime groups is 1. The Kier molecular flexibility index (Phi) is 4.39. The number of hydrogen-bond acceptors (Lipinski definition) is 3. The smallest absolute Gasteiger partial charge is 0.144 e. The third kappa shape index (κ3) is 5.07. The van der Waals surface area contributed by atoms with Gasteiger partial charge in [-0.2, -0.15) is 0 Å². The van der Waals surface area contributed by atoms with Gasteiger partial charge in [-0.15, -0.1) is 0 Å². The zero-order chi connectivity index (χ0) is 11.4. The fraction of sp³-hybridized carbons (Fsp3) is 0.900. The first-order chi connectivity index (χ1) is 6.19. The van der Waals surface area contributed by atoms with Gasteiger partial charge in [0, 0.05) is 12.0 Å². The van der Waals surface area contributed by atoms with E-state index in [1.807, 2.05) is 34.6 Å². The molecule has 0 rings (SSSR count). The van der Waals surface area contributed by atoms with Crippen LogP contribution in [0.5, 0.6) is 0 Å². The monoisotopic (exact) mass is 202 g/mol. The van der Waals surface area contributed by atoms with Crippen LogP contribution in [0.3, 0.4) is 0 Å². The Morgan fingerprint density at radius 1 is 1.29 bits per heavy atom. The summed E-state index contributed by atoms with van der Waals surface area (Å²) in [7, 11) is 0. The lowest BCUT2D eigenvalue weighted by molar-refractivity contribution is -0.0109. The van der Waals surface area contributed by atoms with Crippen LogP contribution in [0, 0.1) is 5.41 Å². The van der Waals surface area contributed by atoms with Crippen molar-refractivity contribution in [2.75, 3.05) is 6.61 Å². The van der Waals surface area contributed by atoms with E-state index in [1.54, 1.807) is 0 Å². The molecular weight excluding hydrogens is 180 g/mol. The molecule has 0 aliphatic carbocycles. The Morgan fingerprint density at radius 3 is 2.14 bits per heavy atom. The van der Waals surface area contributed by atoms with Gasteiger partial charge in [0.05, 0.1) is 5.60 Å². The van der Waals surface area contributed by atoms with Crippen molar-refractivity contribution in [3.8, 4) is 0 Å². The second-order valence-corrected chi connectivity index (χ2v) is 5.08. The average Bonchev–Trinajstić information content (AvgIpc) is 2.00. The maximum atomic E-state index is 8.55. The van der Waals surface area contributed by atoms with E-state index in [0.29, 0.717) is 6.61 Å². The van der Waals surface area contributed by atoms with Crippen LogP contribution in [-0.4, -0.2) is 23.3 Å². The van der Waals surface area contributed by atoms with Crippen LogP contribution >= 0.6 is 0 Å². The molecule has 0 bridgehead atoms. The van der Waals surface area contributed by atoms with E-state index in [4.69, 9.17) is 15.7 Å². The standard InChI is InChI=1S/C10H22N2O2/c1-9(2,3)14-7-6-10(4,5)8(11)12-13/h13H,6-7H2,1-5H3,(H2,11,12). The molecule has 0 spiro atoms. The van der Waals surface area contributed by atoms with Crippen molar-refractivity contribution >= 4 is 5.84 Å². The summed E-state index contributed by atoms with van der Waals surface area (Å²) >= 11 is 0. The van der Waals surface area contributed by atoms with E-state index >= 15 is 0 Å². The van der Waals surface area contributed by atoms with Crippen LogP contribution in [0.4, 0.5) is 0 Å². The van der Waals surface area contributed by atoms with Gasteiger partial charge in [-0.3, -0.25) is 0 Å². The normalized spacial score (nSPS) is 14.5. The topological polar surface area (TPSA) is 67.8 Å². The lowest BCUT2D eigenvalue weighted by Crippen LogP contribution is -2.34. The second kappa shape index (κ2) is 4.64. The first kappa shape index (κ1) is 13.2. The molecule has 0 unspecified atom stereocenters. The number of ether oxygens (including phenoxy) is 1. The maximum absolute atomic E-state index is 8.55. The first-order valence-corrected chi connectivity index (χ1v) is 4.81. The van der Waals surface area contributed by atoms with Crippen LogP contribution in [0.15, 0.2) is 5.16 Å². The average molecular weight is 202 g/mol. The molecule has 0 aromatic heterocycles. The van der Waals surface area contributed by atoms with E-state index in [-0.39, 0.29) is 16.9 Å². The third-order valence-electron chi connectivity index (χ3n) is 2.06. The summed E-state index contributed by atoms with van der Waals surface area (Å²) in [4.78, 5) is 0. The summed E-state index contributed by atoms with van der Waals surface area (Å²) in [5.41, 5.74) is 5.09. The largest absolute Gasteiger partial charge is 0.409 e. The molecule has 0 heterocycles. The fourth-order valence-corrected chi connectivity index (χ4v) is 0.876. The molecule has 4 nitrogen and oxygen atoms in total. The highest BCUT2D eigenvalue weighted by atomic mass is 16.5. The minimum atomic E-state index is -0.319. The van der Waals surface area contributed by atoms with Crippen molar-refractivity contribution in [3.05, 3.63) is 0 Å². The summed E-state index contributed by atoms with van der Waals surface area (Å²) in [5.74, 6) is 0.245. The number of hydrogen-bond donors (Lipinski definition) is 2. The molecular formula is C10H22N2O2. The molecule has 0 saturated carbocycles. The van der Waals surface area contributed by atoms with E-state index < -0.39 is 0 Å². The van der Waals surface area contributed by atoms with Crippen molar-refractivity contribution in [2.24, 2.45) is 16.3 Å². The Bertz CT molecular complexity index is 205. The fourth-order valence-electron chi connectivity index (χ4n) is 0.876. The lowest BCUT2D eigenvalue weighted by atomic mass is 9.88. The van der Waals surface area contributed by atoms with Crippen molar-refractivity contribution in [2.45, 2.75) is 46.6 Å². The molecule has 4 heteroatoms. The molecule has 0 aliphatic rings. The number of amidine groups is 1. The Labute approximate surface area is 86.1 Å². The quantitative estimate of drug-likeness (QED) is 0.317. The number of rotatable bonds is 4. The van der Waals surface area contributed by atoms with E-state index in [9.17, 15) is 0 Å². The Hall–Kier alpha value is -0.770. The molecule has 0 atom stereocenters. The second-order valence-electron chi connectivity index (χ2n) is 5.08. The van der Waals surface area contributed by atoms with Crippen LogP contribution < -0.4 is 5.73 Å². The predicted octanol–water partition coefficient (Wildman–Crippen LogP) is 1.96. The van der Waals surface area contributed by atoms with Gasteiger partial charge >= 0.3 is 0 Å². The van der Waals surface area contributed by atoms with Crippen molar-refractivity contribution in [3.63, 3.8) is 0 Å². The molecule has 14 heavy (non-hydrogen) atoms. The van der Waals surface area contributed by atoms with Crippen LogP contribution in [0.25, 0.3) is 0 Å². The minimum absolute atomic E-state index is 0.138. The van der Waals surface area contributed by atoms with Crippen LogP contribution in [0.2, 0.25) is 0 Å². The van der Waals surface area contributed by atoms with Crippen LogP contribution in [-0.2, 0) is 4.74 Å². The lowest BCUT2D eigenvalue weighted by Gasteiger charge is -2.26. The minimum Gasteiger partial charge on any atom is -0.409 e. The first-order valence-electron chi connectivity index (χ1n) is 4.81. The van der Waals surface area contributed by atoms with Gasteiger partial charge in [0.25, 0.3) is 0 Å². The van der Waals surface area contributed by atoms with Gasteiger partial charge in [0.1, 0.15) is 5.84 Å². The summed E-state index contributed by atoms with van der Waals surface area (Å²) in [6, 6.07) is 0. The van der Waals surface area contributed by atoms with Gasteiger partial charge in [-0.05, 0) is 27.2 Å². The highest BCUT2D eigenvalue weighted by Crippen LogP contribution is 2.21. The number of nitrogens with two attached hydrogens (primary N) is 1.